The smallest absolute Gasteiger partial charge is 0.261 e. The molecule has 0 bridgehead atoms. The number of amides is 2. The summed E-state index contributed by atoms with van der Waals surface area (Å²) in [4.78, 5) is 37.2. The zero-order chi connectivity index (χ0) is 25.5. The van der Waals surface area contributed by atoms with E-state index in [1.807, 2.05) is 44.4 Å². The molecule has 36 heavy (non-hydrogen) atoms. The highest BCUT2D eigenvalue weighted by molar-refractivity contribution is 8.28. The number of nitrogens with zero attached hydrogens (tertiary/aromatic N) is 2. The van der Waals surface area contributed by atoms with Gasteiger partial charge in [-0.05, 0) is 84.6 Å². The number of benzene rings is 2. The number of hydrogen-bond acceptors (Lipinski definition) is 7. The molecular weight excluding hydrogens is 498 g/mol. The van der Waals surface area contributed by atoms with Crippen molar-refractivity contribution in [3.05, 3.63) is 53.4 Å². The molecule has 0 aliphatic carbocycles. The van der Waals surface area contributed by atoms with Crippen molar-refractivity contribution in [2.24, 2.45) is 0 Å². The molecule has 1 N–H and O–H groups in total. The van der Waals surface area contributed by atoms with Crippen molar-refractivity contribution >= 4 is 56.5 Å². The van der Waals surface area contributed by atoms with Crippen molar-refractivity contribution in [1.29, 1.82) is 0 Å². The molecule has 1 unspecified atom stereocenters. The molecular formula is C26H31N3O5S2. The van der Waals surface area contributed by atoms with Gasteiger partial charge in [-0.15, -0.1) is 0 Å². The van der Waals surface area contributed by atoms with Crippen LogP contribution in [0.1, 0.15) is 48.5 Å². The third-order valence-corrected chi connectivity index (χ3v) is 9.65. The van der Waals surface area contributed by atoms with Gasteiger partial charge in [0.1, 0.15) is 5.52 Å². The molecule has 2 saturated heterocycles. The van der Waals surface area contributed by atoms with Crippen molar-refractivity contribution in [3.8, 4) is 0 Å². The number of aryl methyl sites for hydroxylation is 1. The third-order valence-electron chi connectivity index (χ3n) is 6.54. The van der Waals surface area contributed by atoms with E-state index < -0.39 is 15.9 Å². The highest BCUT2D eigenvalue weighted by atomic mass is 32.3. The Balaban J connectivity index is 0.000000477. The van der Waals surface area contributed by atoms with Crippen LogP contribution >= 0.6 is 22.3 Å². The Bertz CT molecular complexity index is 1300. The summed E-state index contributed by atoms with van der Waals surface area (Å²) >= 11 is 2.07. The lowest BCUT2D eigenvalue weighted by atomic mass is 9.85. The van der Waals surface area contributed by atoms with Gasteiger partial charge in [0.15, 0.2) is 11.5 Å². The van der Waals surface area contributed by atoms with Crippen LogP contribution in [0.5, 0.6) is 0 Å². The second kappa shape index (κ2) is 9.74. The minimum atomic E-state index is -1.79. The van der Waals surface area contributed by atoms with Crippen LogP contribution in [-0.4, -0.2) is 46.9 Å². The topological polar surface area (TPSA) is 93.9 Å². The lowest BCUT2D eigenvalue weighted by molar-refractivity contribution is -0.173. The molecule has 2 amide bonds. The van der Waals surface area contributed by atoms with Crippen molar-refractivity contribution in [2.45, 2.75) is 39.0 Å². The van der Waals surface area contributed by atoms with Gasteiger partial charge < -0.3 is 4.42 Å². The molecule has 3 aliphatic heterocycles. The zero-order valence-electron chi connectivity index (χ0n) is 21.0. The largest absolute Gasteiger partial charge is 0.441 e. The summed E-state index contributed by atoms with van der Waals surface area (Å²) in [5.74, 6) is 3.74. The maximum Gasteiger partial charge on any atom is 0.261 e. The van der Waals surface area contributed by atoms with Gasteiger partial charge in [0.2, 0.25) is 5.91 Å². The highest BCUT2D eigenvalue weighted by Gasteiger charge is 2.45. The first-order valence-corrected chi connectivity index (χ1v) is 15.3. The predicted molar refractivity (Wildman–Crippen MR) is 145 cm³/mol. The van der Waals surface area contributed by atoms with Gasteiger partial charge in [-0.2, -0.15) is 16.1 Å². The molecule has 8 nitrogen and oxygen atoms in total. The van der Waals surface area contributed by atoms with Crippen LogP contribution in [0.4, 0.5) is 11.4 Å². The number of carbonyl (C=O) groups excluding carboxylic acids is 2. The highest BCUT2D eigenvalue weighted by Crippen LogP contribution is 2.47. The molecule has 1 aromatic heterocycles. The maximum absolute atomic E-state index is 13.4. The summed E-state index contributed by atoms with van der Waals surface area (Å²) in [7, 11) is -1.79. The second-order valence-corrected chi connectivity index (χ2v) is 13.7. The zero-order valence-corrected chi connectivity index (χ0v) is 22.6. The quantitative estimate of drug-likeness (QED) is 0.444. The minimum Gasteiger partial charge on any atom is -0.441 e. The van der Waals surface area contributed by atoms with E-state index in [1.54, 1.807) is 24.0 Å². The lowest BCUT2D eigenvalue weighted by Gasteiger charge is -2.27. The van der Waals surface area contributed by atoms with E-state index in [1.165, 1.54) is 24.3 Å². The molecule has 0 radical (unpaired) electrons. The Kier molecular flexibility index (Phi) is 6.80. The third kappa shape index (κ3) is 4.74. The molecule has 2 aromatic carbocycles. The van der Waals surface area contributed by atoms with Gasteiger partial charge in [0, 0.05) is 30.6 Å². The van der Waals surface area contributed by atoms with Crippen LogP contribution in [0, 0.1) is 6.92 Å². The summed E-state index contributed by atoms with van der Waals surface area (Å²) in [5.41, 5.74) is 3.30. The average Bonchev–Trinajstić information content (AvgIpc) is 3.63. The molecule has 0 spiro atoms. The van der Waals surface area contributed by atoms with Gasteiger partial charge >= 0.3 is 0 Å². The van der Waals surface area contributed by atoms with Crippen LogP contribution in [-0.2, 0) is 19.4 Å². The number of aromatic nitrogens is 1. The molecule has 6 rings (SSSR count). The Morgan fingerprint density at radius 1 is 1.17 bits per heavy atom. The number of nitrogens with one attached hydrogen (secondary N) is 1. The van der Waals surface area contributed by atoms with Crippen molar-refractivity contribution in [2.75, 3.05) is 35.0 Å². The minimum absolute atomic E-state index is 0.0687. The Morgan fingerprint density at radius 2 is 1.94 bits per heavy atom. The van der Waals surface area contributed by atoms with Crippen molar-refractivity contribution in [3.63, 3.8) is 0 Å². The molecule has 1 atom stereocenters. The van der Waals surface area contributed by atoms with E-state index in [-0.39, 0.29) is 11.8 Å². The van der Waals surface area contributed by atoms with Gasteiger partial charge in [0.05, 0.1) is 23.4 Å². The molecule has 10 heteroatoms. The number of rotatable bonds is 3. The first kappa shape index (κ1) is 25.1. The van der Waals surface area contributed by atoms with E-state index >= 15 is 0 Å². The predicted octanol–water partition coefficient (Wildman–Crippen LogP) is 5.56. The molecule has 3 aliphatic rings. The van der Waals surface area contributed by atoms with Gasteiger partial charge in [-0.3, -0.25) is 19.2 Å². The van der Waals surface area contributed by atoms with Gasteiger partial charge in [-0.1, -0.05) is 0 Å². The molecule has 2 fully saturated rings. The second-order valence-electron chi connectivity index (χ2n) is 9.73. The number of thioether (sulfide) groups is 1. The van der Waals surface area contributed by atoms with Gasteiger partial charge in [0.25, 0.3) is 5.91 Å². The Labute approximate surface area is 216 Å². The molecule has 0 saturated carbocycles. The van der Waals surface area contributed by atoms with Crippen LogP contribution in [0.2, 0.25) is 0 Å². The van der Waals surface area contributed by atoms with Gasteiger partial charge in [-0.25, -0.2) is 9.87 Å². The fourth-order valence-electron chi connectivity index (χ4n) is 4.50. The Hall–Kier alpha value is -2.53. The van der Waals surface area contributed by atoms with E-state index in [4.69, 9.17) is 13.6 Å². The summed E-state index contributed by atoms with van der Waals surface area (Å²) in [6.45, 7) is 5.99. The maximum atomic E-state index is 13.4. The lowest BCUT2D eigenvalue weighted by Crippen LogP contribution is -2.33. The summed E-state index contributed by atoms with van der Waals surface area (Å²) in [6, 6.07) is 10.9. The van der Waals surface area contributed by atoms with E-state index in [2.05, 4.69) is 21.5 Å². The monoisotopic (exact) mass is 529 g/mol. The molecule has 4 heterocycles. The fraction of sp³-hybridized carbons (Fsp3) is 0.423. The number of hydrogen-bond donors (Lipinski definition) is 1. The van der Waals surface area contributed by atoms with E-state index in [9.17, 15) is 9.59 Å². The number of carbonyl (C=O) groups is 2. The molecule has 3 aromatic rings. The van der Waals surface area contributed by atoms with Crippen LogP contribution in [0.15, 0.2) is 40.8 Å². The molecule has 192 valence electrons. The van der Waals surface area contributed by atoms with E-state index in [0.29, 0.717) is 35.1 Å². The van der Waals surface area contributed by atoms with Crippen molar-refractivity contribution < 1.29 is 23.2 Å². The first-order chi connectivity index (χ1) is 17.2. The van der Waals surface area contributed by atoms with Crippen LogP contribution < -0.4 is 9.62 Å². The summed E-state index contributed by atoms with van der Waals surface area (Å²) in [6.07, 6.45) is 4.77. The summed E-state index contributed by atoms with van der Waals surface area (Å²) < 4.78 is 13.9. The van der Waals surface area contributed by atoms with Crippen LogP contribution in [0.3, 0.4) is 0 Å². The number of fused-ring (bicyclic) bond motifs is 2. The normalized spacial score (nSPS) is 24.2. The summed E-state index contributed by atoms with van der Waals surface area (Å²) in [5, 5.41) is 0. The number of anilines is 2. The average molecular weight is 530 g/mol. The SMILES string of the molecule is C1CCSC1.Cc1nc2ccc(N3C(=O)C(C)(C)c4cc(C(=O)NS5(C)CCOO5)ccc43)cc2o1. The van der Waals surface area contributed by atoms with E-state index in [0.717, 1.165) is 16.8 Å². The van der Waals surface area contributed by atoms with Crippen molar-refractivity contribution in [1.82, 2.24) is 9.71 Å². The first-order valence-electron chi connectivity index (χ1n) is 12.0. The fourth-order valence-corrected chi connectivity index (χ4v) is 6.90. The Morgan fingerprint density at radius 3 is 2.61 bits per heavy atom. The number of oxazole rings is 1. The standard InChI is InChI=1S/C22H23N3O5S.C4H8S/c1-13-23-17-7-6-15(12-19(17)29-13)25-18-8-5-14(11-16(18)22(2,3)21(25)27)20(26)24-31(4)10-9-28-30-31;1-2-4-5-3-1/h5-8,11-12H,9-10H2,1-4H3,(H,24,26);1-4H2. The van der Waals surface area contributed by atoms with Crippen LogP contribution in [0.25, 0.3) is 11.1 Å².